The summed E-state index contributed by atoms with van der Waals surface area (Å²) in [5.41, 5.74) is 0.417. The first-order chi connectivity index (χ1) is 17.3. The molecule has 2 N–H and O–H groups in total. The van der Waals surface area contributed by atoms with Crippen molar-refractivity contribution in [2.45, 2.75) is 103 Å². The maximum Gasteiger partial charge on any atom is 0.336 e. The molecule has 7 nitrogen and oxygen atoms in total. The summed E-state index contributed by atoms with van der Waals surface area (Å²) in [6.45, 7) is 6.70. The highest BCUT2D eigenvalue weighted by Crippen LogP contribution is 2.26. The highest BCUT2D eigenvalue weighted by atomic mass is 35.5. The van der Waals surface area contributed by atoms with Crippen molar-refractivity contribution in [3.63, 3.8) is 0 Å². The van der Waals surface area contributed by atoms with Crippen molar-refractivity contribution >= 4 is 33.3 Å². The summed E-state index contributed by atoms with van der Waals surface area (Å²) in [6, 6.07) is 4.38. The predicted octanol–water partition coefficient (Wildman–Crippen LogP) is 7.17. The molecule has 206 valence electrons. The van der Waals surface area contributed by atoms with Crippen LogP contribution in [0.25, 0.3) is 0 Å². The van der Waals surface area contributed by atoms with Gasteiger partial charge in [-0.2, -0.15) is 0 Å². The van der Waals surface area contributed by atoms with E-state index in [0.717, 1.165) is 19.3 Å². The van der Waals surface area contributed by atoms with Crippen LogP contribution >= 0.6 is 11.6 Å². The van der Waals surface area contributed by atoms with Gasteiger partial charge in [0.25, 0.3) is 0 Å². The van der Waals surface area contributed by atoms with E-state index in [1.807, 2.05) is 0 Å². The first-order valence-corrected chi connectivity index (χ1v) is 15.3. The van der Waals surface area contributed by atoms with Gasteiger partial charge >= 0.3 is 5.97 Å². The van der Waals surface area contributed by atoms with E-state index >= 15 is 0 Å². The van der Waals surface area contributed by atoms with Gasteiger partial charge in [-0.05, 0) is 38.5 Å². The number of esters is 1. The smallest absolute Gasteiger partial charge is 0.336 e. The molecule has 0 saturated carbocycles. The largest absolute Gasteiger partial charge is 0.479 e. The highest BCUT2D eigenvalue weighted by molar-refractivity contribution is 7.89. The lowest BCUT2D eigenvalue weighted by Crippen LogP contribution is -2.24. The number of ether oxygens (including phenoxy) is 2. The summed E-state index contributed by atoms with van der Waals surface area (Å²) in [4.78, 5) is 11.8. The molecule has 0 aliphatic carbocycles. The molecule has 1 aromatic carbocycles. The molecule has 36 heavy (non-hydrogen) atoms. The van der Waals surface area contributed by atoms with E-state index in [1.54, 1.807) is 19.9 Å². The second-order valence-electron chi connectivity index (χ2n) is 8.75. The maximum atomic E-state index is 12.7. The molecule has 0 heterocycles. The zero-order chi connectivity index (χ0) is 26.7. The summed E-state index contributed by atoms with van der Waals surface area (Å²) in [5, 5.41) is 3.10. The van der Waals surface area contributed by atoms with Crippen molar-refractivity contribution in [3.05, 3.63) is 35.2 Å². The van der Waals surface area contributed by atoms with Crippen molar-refractivity contribution in [2.24, 2.45) is 0 Å². The van der Waals surface area contributed by atoms with Crippen LogP contribution in [0.3, 0.4) is 0 Å². The summed E-state index contributed by atoms with van der Waals surface area (Å²) >= 11 is 6.31. The lowest BCUT2D eigenvalue weighted by molar-refractivity contribution is -0.137. The van der Waals surface area contributed by atoms with Crippen LogP contribution in [0.5, 0.6) is 0 Å². The third-order valence-corrected chi connectivity index (χ3v) is 7.44. The molecule has 1 aromatic rings. The Labute approximate surface area is 223 Å². The molecular weight excluding hydrogens is 500 g/mol. The second kappa shape index (κ2) is 19.4. The topological polar surface area (TPSA) is 93.7 Å². The predicted molar refractivity (Wildman–Crippen MR) is 148 cm³/mol. The van der Waals surface area contributed by atoms with E-state index in [9.17, 15) is 13.2 Å². The van der Waals surface area contributed by atoms with E-state index in [2.05, 4.69) is 17.0 Å². The van der Waals surface area contributed by atoms with Crippen molar-refractivity contribution in [1.82, 2.24) is 4.72 Å². The molecule has 0 aromatic heterocycles. The van der Waals surface area contributed by atoms with Crippen LogP contribution in [0.4, 0.5) is 5.69 Å². The molecule has 9 heteroatoms. The lowest BCUT2D eigenvalue weighted by atomic mass is 10.1. The normalized spacial score (nSPS) is 11.9. The van der Waals surface area contributed by atoms with E-state index in [0.29, 0.717) is 18.8 Å². The van der Waals surface area contributed by atoms with Crippen LogP contribution in [0, 0.1) is 0 Å². The Balaban J connectivity index is 2.41. The standard InChI is InChI=1S/C27H45ClN2O5S/c1-4-7-8-9-10-11-12-13-14-15-16-17-20-29-36(32,33)23-18-19-25(24(28)21-23)30-26(34-5-2)22-27(31)35-6-3/h18-19,21-22,29-30H,4-17,20H2,1-3H3/b26-22-. The summed E-state index contributed by atoms with van der Waals surface area (Å²) in [5.74, 6) is -0.385. The average Bonchev–Trinajstić information content (AvgIpc) is 2.83. The van der Waals surface area contributed by atoms with E-state index < -0.39 is 16.0 Å². The van der Waals surface area contributed by atoms with Crippen molar-refractivity contribution in [2.75, 3.05) is 25.1 Å². The molecule has 0 amide bonds. The van der Waals surface area contributed by atoms with Gasteiger partial charge < -0.3 is 14.8 Å². The first kappa shape index (κ1) is 32.3. The Hall–Kier alpha value is -1.77. The van der Waals surface area contributed by atoms with E-state index in [4.69, 9.17) is 21.1 Å². The monoisotopic (exact) mass is 544 g/mol. The van der Waals surface area contributed by atoms with Crippen molar-refractivity contribution in [1.29, 1.82) is 0 Å². The van der Waals surface area contributed by atoms with Crippen LogP contribution < -0.4 is 10.0 Å². The minimum Gasteiger partial charge on any atom is -0.479 e. The fraction of sp³-hybridized carbons (Fsp3) is 0.667. The summed E-state index contributed by atoms with van der Waals surface area (Å²) < 4.78 is 38.3. The number of anilines is 1. The fourth-order valence-corrected chi connectivity index (χ4v) is 5.11. The van der Waals surface area contributed by atoms with Crippen LogP contribution in [-0.2, 0) is 24.3 Å². The van der Waals surface area contributed by atoms with Gasteiger partial charge in [-0.1, -0.05) is 89.2 Å². The molecule has 0 aliphatic rings. The van der Waals surface area contributed by atoms with Gasteiger partial charge in [0.2, 0.25) is 10.0 Å². The third kappa shape index (κ3) is 14.1. The zero-order valence-corrected chi connectivity index (χ0v) is 23.8. The molecule has 0 bridgehead atoms. The Bertz CT molecular complexity index is 890. The Morgan fingerprint density at radius 1 is 0.861 bits per heavy atom. The fourth-order valence-electron chi connectivity index (χ4n) is 3.71. The number of rotatable bonds is 21. The van der Waals surface area contributed by atoms with E-state index in [1.165, 1.54) is 76.0 Å². The van der Waals surface area contributed by atoms with Crippen LogP contribution in [-0.4, -0.2) is 34.1 Å². The lowest BCUT2D eigenvalue weighted by Gasteiger charge is -2.14. The molecule has 0 atom stereocenters. The number of hydrogen-bond donors (Lipinski definition) is 2. The Morgan fingerprint density at radius 3 is 1.94 bits per heavy atom. The number of carbonyl (C=O) groups is 1. The van der Waals surface area contributed by atoms with Crippen LogP contribution in [0.1, 0.15) is 97.8 Å². The molecule has 0 saturated heterocycles. The second-order valence-corrected chi connectivity index (χ2v) is 10.9. The SMILES string of the molecule is CCCCCCCCCCCCCCNS(=O)(=O)c1ccc(N/C(=C/C(=O)OCC)OCC)c(Cl)c1. The minimum absolute atomic E-state index is 0.0873. The van der Waals surface area contributed by atoms with Gasteiger partial charge in [-0.25, -0.2) is 17.9 Å². The van der Waals surface area contributed by atoms with Crippen LogP contribution in [0.15, 0.2) is 35.1 Å². The minimum atomic E-state index is -3.66. The molecule has 0 spiro atoms. The van der Waals surface area contributed by atoms with Crippen molar-refractivity contribution in [3.8, 4) is 0 Å². The van der Waals surface area contributed by atoms with Gasteiger partial charge in [0.15, 0.2) is 5.88 Å². The average molecular weight is 545 g/mol. The maximum absolute atomic E-state index is 12.7. The number of hydrogen-bond acceptors (Lipinski definition) is 6. The van der Waals surface area contributed by atoms with Gasteiger partial charge in [0, 0.05) is 6.54 Å². The molecule has 0 fully saturated rings. The van der Waals surface area contributed by atoms with Crippen molar-refractivity contribution < 1.29 is 22.7 Å². The molecule has 0 aliphatic heterocycles. The Kier molecular flexibility index (Phi) is 17.3. The van der Waals surface area contributed by atoms with Crippen LogP contribution in [0.2, 0.25) is 5.02 Å². The van der Waals surface area contributed by atoms with E-state index in [-0.39, 0.29) is 22.4 Å². The first-order valence-electron chi connectivity index (χ1n) is 13.4. The molecule has 0 radical (unpaired) electrons. The molecule has 0 unspecified atom stereocenters. The number of benzene rings is 1. The summed E-state index contributed by atoms with van der Waals surface area (Å²) in [6.07, 6.45) is 15.9. The zero-order valence-electron chi connectivity index (χ0n) is 22.2. The molecular formula is C27H45ClN2O5S. The van der Waals surface area contributed by atoms with Gasteiger partial charge in [-0.3, -0.25) is 0 Å². The quantitative estimate of drug-likeness (QED) is 0.0737. The number of halogens is 1. The number of carbonyl (C=O) groups excluding carboxylic acids is 1. The number of nitrogens with one attached hydrogen (secondary N) is 2. The van der Waals surface area contributed by atoms with Gasteiger partial charge in [0.1, 0.15) is 0 Å². The van der Waals surface area contributed by atoms with Gasteiger partial charge in [-0.15, -0.1) is 0 Å². The third-order valence-electron chi connectivity index (χ3n) is 5.67. The Morgan fingerprint density at radius 2 is 1.42 bits per heavy atom. The number of sulfonamides is 1. The molecule has 1 rings (SSSR count). The highest BCUT2D eigenvalue weighted by Gasteiger charge is 2.16. The van der Waals surface area contributed by atoms with Gasteiger partial charge in [0.05, 0.1) is 34.9 Å². The number of unbranched alkanes of at least 4 members (excludes halogenated alkanes) is 11. The summed E-state index contributed by atoms with van der Waals surface area (Å²) in [7, 11) is -3.66.